The zero-order valence-electron chi connectivity index (χ0n) is 20.2. The van der Waals surface area contributed by atoms with Crippen LogP contribution in [0.4, 0.5) is 11.8 Å². The van der Waals surface area contributed by atoms with Gasteiger partial charge in [0.05, 0.1) is 32.4 Å². The van der Waals surface area contributed by atoms with Gasteiger partial charge in [-0.2, -0.15) is 10.1 Å². The van der Waals surface area contributed by atoms with Crippen molar-refractivity contribution in [3.8, 4) is 5.75 Å². The highest BCUT2D eigenvalue weighted by Gasteiger charge is 2.52. The van der Waals surface area contributed by atoms with Crippen LogP contribution in [0, 0.1) is 6.92 Å². The minimum atomic E-state index is 0.184. The Morgan fingerprint density at radius 3 is 2.83 bits per heavy atom. The molecule has 0 unspecified atom stereocenters. The normalized spacial score (nSPS) is 20.2. The van der Waals surface area contributed by atoms with E-state index in [0.29, 0.717) is 36.5 Å². The van der Waals surface area contributed by atoms with Gasteiger partial charge in [0.25, 0.3) is 0 Å². The number of methoxy groups -OCH3 is 1. The predicted molar refractivity (Wildman–Crippen MR) is 133 cm³/mol. The van der Waals surface area contributed by atoms with Crippen molar-refractivity contribution >= 4 is 22.8 Å². The Balaban J connectivity index is 1.13. The summed E-state index contributed by atoms with van der Waals surface area (Å²) in [4.78, 5) is 13.9. The van der Waals surface area contributed by atoms with E-state index in [9.17, 15) is 0 Å². The fraction of sp³-hybridized carbons (Fsp3) is 0.360. The van der Waals surface area contributed by atoms with E-state index in [1.807, 2.05) is 17.7 Å². The first-order valence-electron chi connectivity index (χ1n) is 12.1. The first-order chi connectivity index (χ1) is 17.6. The van der Waals surface area contributed by atoms with Crippen LogP contribution in [0.5, 0.6) is 5.75 Å². The molecule has 4 aliphatic heterocycles. The lowest BCUT2D eigenvalue weighted by molar-refractivity contribution is 0.161. The topological polar surface area (TPSA) is 123 Å². The van der Waals surface area contributed by atoms with Crippen molar-refractivity contribution in [2.75, 3.05) is 31.2 Å². The van der Waals surface area contributed by atoms with Crippen LogP contribution in [0.25, 0.3) is 11.0 Å². The smallest absolute Gasteiger partial charge is 0.222 e. The zero-order valence-corrected chi connectivity index (χ0v) is 20.2. The van der Waals surface area contributed by atoms with Gasteiger partial charge in [0.1, 0.15) is 28.2 Å². The maximum Gasteiger partial charge on any atom is 0.222 e. The van der Waals surface area contributed by atoms with Gasteiger partial charge in [-0.1, -0.05) is 17.3 Å². The molecule has 1 aromatic carbocycles. The number of hydrogen-bond donors (Lipinski definition) is 2. The first kappa shape index (κ1) is 21.2. The summed E-state index contributed by atoms with van der Waals surface area (Å²) < 4.78 is 12.8. The van der Waals surface area contributed by atoms with Crippen LogP contribution < -0.4 is 15.8 Å². The van der Waals surface area contributed by atoms with E-state index in [2.05, 4.69) is 59.6 Å². The number of anilines is 2. The summed E-state index contributed by atoms with van der Waals surface area (Å²) in [5, 5.41) is 11.9. The number of piperazine rings is 1. The number of nitrogens with one attached hydrogen (secondary N) is 1. The number of benzene rings is 1. The Kier molecular flexibility index (Phi) is 4.68. The molecule has 2 fully saturated rings. The van der Waals surface area contributed by atoms with Crippen LogP contribution in [0.1, 0.15) is 22.6 Å². The molecule has 3 N–H and O–H groups in total. The molecule has 8 rings (SSSR count). The molecule has 11 nitrogen and oxygen atoms in total. The molecule has 7 heterocycles. The second-order valence-corrected chi connectivity index (χ2v) is 9.65. The van der Waals surface area contributed by atoms with E-state index in [1.54, 1.807) is 19.0 Å². The van der Waals surface area contributed by atoms with Gasteiger partial charge in [-0.25, -0.2) is 4.98 Å². The number of nitrogens with two attached hydrogens (primary N) is 1. The van der Waals surface area contributed by atoms with Crippen LogP contribution >= 0.6 is 0 Å². The van der Waals surface area contributed by atoms with Crippen molar-refractivity contribution in [3.05, 3.63) is 64.8 Å². The van der Waals surface area contributed by atoms with Crippen LogP contribution in [0.15, 0.2) is 46.8 Å². The van der Waals surface area contributed by atoms with E-state index in [0.717, 1.165) is 47.9 Å². The van der Waals surface area contributed by atoms with E-state index >= 15 is 0 Å². The number of rotatable bonds is 8. The van der Waals surface area contributed by atoms with Gasteiger partial charge in [0.2, 0.25) is 5.95 Å². The highest BCUT2D eigenvalue weighted by Crippen LogP contribution is 2.45. The molecule has 3 aromatic heterocycles. The van der Waals surface area contributed by atoms with Gasteiger partial charge >= 0.3 is 0 Å². The molecule has 0 spiro atoms. The number of nitrogen functional groups attached to an aromatic ring is 1. The molecule has 0 saturated carbocycles. The monoisotopic (exact) mass is 485 g/mol. The Hall–Kier alpha value is -4.12. The SMILES string of the molecule is COc1cc(CN2C[C@@H]3C4=C[C@H]2CN43)ccc1Cn1ncc2nc(N)nc(NCc3cc(C)on3)c21. The van der Waals surface area contributed by atoms with E-state index in [-0.39, 0.29) is 5.95 Å². The van der Waals surface area contributed by atoms with Crippen molar-refractivity contribution in [2.45, 2.75) is 38.6 Å². The summed E-state index contributed by atoms with van der Waals surface area (Å²) in [5.41, 5.74) is 12.0. The number of aromatic nitrogens is 5. The molecule has 0 radical (unpaired) electrons. The Morgan fingerprint density at radius 2 is 2.11 bits per heavy atom. The van der Waals surface area contributed by atoms with E-state index in [4.69, 9.17) is 15.0 Å². The molecular formula is C25H27N9O2. The van der Waals surface area contributed by atoms with Crippen LogP contribution in [0.2, 0.25) is 0 Å². The van der Waals surface area contributed by atoms with Crippen LogP contribution in [-0.2, 0) is 19.6 Å². The van der Waals surface area contributed by atoms with Gasteiger partial charge in [0.15, 0.2) is 5.82 Å². The maximum absolute atomic E-state index is 5.96. The van der Waals surface area contributed by atoms with Crippen molar-refractivity contribution in [1.82, 2.24) is 34.7 Å². The molecule has 11 heteroatoms. The third-order valence-corrected chi connectivity index (χ3v) is 7.28. The Bertz CT molecular complexity index is 1510. The average molecular weight is 486 g/mol. The average Bonchev–Trinajstić information content (AvgIpc) is 3.24. The van der Waals surface area contributed by atoms with Gasteiger partial charge < -0.3 is 25.2 Å². The number of ether oxygens (including phenoxy) is 1. The molecule has 4 aromatic rings. The first-order valence-corrected chi connectivity index (χ1v) is 12.1. The molecule has 4 aliphatic rings. The van der Waals surface area contributed by atoms with Crippen molar-refractivity contribution in [2.24, 2.45) is 0 Å². The van der Waals surface area contributed by atoms with Crippen LogP contribution in [-0.4, -0.2) is 67.0 Å². The summed E-state index contributed by atoms with van der Waals surface area (Å²) in [7, 11) is 1.71. The van der Waals surface area contributed by atoms with Crippen LogP contribution in [0.3, 0.4) is 0 Å². The van der Waals surface area contributed by atoms with Gasteiger partial charge in [-0.15, -0.1) is 0 Å². The molecule has 184 valence electrons. The Morgan fingerprint density at radius 1 is 1.19 bits per heavy atom. The summed E-state index contributed by atoms with van der Waals surface area (Å²) in [6.07, 6.45) is 4.13. The summed E-state index contributed by atoms with van der Waals surface area (Å²) in [6.45, 7) is 5.99. The van der Waals surface area contributed by atoms with Gasteiger partial charge in [-0.3, -0.25) is 9.58 Å². The number of aryl methyl sites for hydroxylation is 1. The second-order valence-electron chi connectivity index (χ2n) is 9.65. The van der Waals surface area contributed by atoms with Gasteiger partial charge in [0, 0.05) is 43.0 Å². The zero-order chi connectivity index (χ0) is 24.4. The molecule has 0 amide bonds. The van der Waals surface area contributed by atoms with Crippen molar-refractivity contribution < 1.29 is 9.26 Å². The maximum atomic E-state index is 5.96. The standard InChI is InChI=1S/C25H27N9O2/c1-14-5-17(31-36-14)8-27-24-23-19(29-25(26)30-24)9-28-34(23)11-16-4-3-15(6-22(16)35-2)10-32-13-21-20-7-18(32)12-33(20)21/h3-7,9,18,21H,8,10-13H2,1-2H3,(H3,26,27,29,30)/t18-,21+,33?/m0/s1. The number of nitrogens with zero attached hydrogens (tertiary/aromatic N) is 7. The fourth-order valence-corrected chi connectivity index (χ4v) is 5.49. The largest absolute Gasteiger partial charge is 0.496 e. The summed E-state index contributed by atoms with van der Waals surface area (Å²) in [5.74, 6) is 2.38. The fourth-order valence-electron chi connectivity index (χ4n) is 5.49. The second kappa shape index (κ2) is 7.95. The third-order valence-electron chi connectivity index (χ3n) is 7.28. The lowest BCUT2D eigenvalue weighted by Gasteiger charge is -2.33. The van der Waals surface area contributed by atoms with Gasteiger partial charge in [-0.05, 0) is 24.6 Å². The number of hydrogen-bond acceptors (Lipinski definition) is 10. The quantitative estimate of drug-likeness (QED) is 0.359. The molecule has 36 heavy (non-hydrogen) atoms. The predicted octanol–water partition coefficient (Wildman–Crippen LogP) is 2.14. The minimum absolute atomic E-state index is 0.184. The molecule has 0 aliphatic carbocycles. The molecular weight excluding hydrogens is 458 g/mol. The van der Waals surface area contributed by atoms with Crippen molar-refractivity contribution in [3.63, 3.8) is 0 Å². The summed E-state index contributed by atoms with van der Waals surface area (Å²) >= 11 is 0. The van der Waals surface area contributed by atoms with Crippen molar-refractivity contribution in [1.29, 1.82) is 0 Å². The summed E-state index contributed by atoms with van der Waals surface area (Å²) in [6, 6.07) is 9.52. The minimum Gasteiger partial charge on any atom is -0.496 e. The Labute approximate surface area is 207 Å². The number of fused-ring (bicyclic) bond motifs is 2. The lowest BCUT2D eigenvalue weighted by atomic mass is 10.1. The molecule has 4 bridgehead atoms. The molecule has 2 saturated heterocycles. The van der Waals surface area contributed by atoms with E-state index < -0.39 is 0 Å². The third kappa shape index (κ3) is 3.54. The highest BCUT2D eigenvalue weighted by atomic mass is 16.5. The van der Waals surface area contributed by atoms with E-state index in [1.165, 1.54) is 5.56 Å². The highest BCUT2D eigenvalue weighted by molar-refractivity contribution is 5.86. The lowest BCUT2D eigenvalue weighted by Crippen LogP contribution is -2.45. The molecule has 2 atom stereocenters.